The largest absolute Gasteiger partial charge is 0.508 e. The Morgan fingerprint density at radius 2 is 1.86 bits per heavy atom. The lowest BCUT2D eigenvalue weighted by Gasteiger charge is -2.14. The summed E-state index contributed by atoms with van der Waals surface area (Å²) < 4.78 is 0. The van der Waals surface area contributed by atoms with Crippen LogP contribution in [-0.4, -0.2) is 28.1 Å². The number of nitrogens with one attached hydrogen (secondary N) is 1. The molecule has 1 unspecified atom stereocenters. The van der Waals surface area contributed by atoms with Gasteiger partial charge in [0.25, 0.3) is 5.91 Å². The summed E-state index contributed by atoms with van der Waals surface area (Å²) in [6.07, 6.45) is 0.158. The molecular weight excluding hydrogens is 290 g/mol. The highest BCUT2D eigenvalue weighted by atomic mass is 32.1. The van der Waals surface area contributed by atoms with Crippen molar-refractivity contribution >= 4 is 23.2 Å². The van der Waals surface area contributed by atoms with Gasteiger partial charge in [-0.3, -0.25) is 4.79 Å². The monoisotopic (exact) mass is 305 g/mol. The summed E-state index contributed by atoms with van der Waals surface area (Å²) in [4.78, 5) is 24.8. The summed E-state index contributed by atoms with van der Waals surface area (Å²) in [6.45, 7) is 1.88. The molecule has 0 saturated heterocycles. The lowest BCUT2D eigenvalue weighted by Crippen LogP contribution is -2.42. The molecule has 0 spiro atoms. The average molecular weight is 305 g/mol. The maximum Gasteiger partial charge on any atom is 0.326 e. The van der Waals surface area contributed by atoms with E-state index in [1.165, 1.54) is 23.5 Å². The zero-order valence-corrected chi connectivity index (χ0v) is 12.2. The van der Waals surface area contributed by atoms with Crippen LogP contribution in [0.15, 0.2) is 36.4 Å². The first kappa shape index (κ1) is 15.1. The minimum atomic E-state index is -1.09. The smallest absolute Gasteiger partial charge is 0.326 e. The summed E-state index contributed by atoms with van der Waals surface area (Å²) in [5.74, 6) is -1.37. The molecular formula is C15H15NO4S. The number of carboxylic acid groups (broad SMARTS) is 1. The number of aliphatic carboxylic acids is 1. The predicted octanol–water partition coefficient (Wildman–Crippen LogP) is 2.19. The summed E-state index contributed by atoms with van der Waals surface area (Å²) in [5, 5.41) is 21.0. The number of carbonyl (C=O) groups is 2. The van der Waals surface area contributed by atoms with Crippen LogP contribution in [0.4, 0.5) is 0 Å². The molecule has 2 rings (SSSR count). The fraction of sp³-hybridized carbons (Fsp3) is 0.200. The van der Waals surface area contributed by atoms with Gasteiger partial charge in [0.1, 0.15) is 11.8 Å². The van der Waals surface area contributed by atoms with Gasteiger partial charge in [0.15, 0.2) is 0 Å². The molecule has 1 amide bonds. The fourth-order valence-corrected chi connectivity index (χ4v) is 2.62. The third-order valence-corrected chi connectivity index (χ3v) is 3.94. The number of phenols is 1. The number of thiophene rings is 1. The molecule has 0 aliphatic carbocycles. The van der Waals surface area contributed by atoms with Gasteiger partial charge in [-0.2, -0.15) is 0 Å². The van der Waals surface area contributed by atoms with E-state index in [1.807, 2.05) is 13.0 Å². The molecule has 21 heavy (non-hydrogen) atoms. The number of carbonyl (C=O) groups excluding carboxylic acids is 1. The van der Waals surface area contributed by atoms with E-state index in [4.69, 9.17) is 0 Å². The van der Waals surface area contributed by atoms with Gasteiger partial charge < -0.3 is 15.5 Å². The van der Waals surface area contributed by atoms with Gasteiger partial charge in [-0.15, -0.1) is 11.3 Å². The Hall–Kier alpha value is -2.34. The fourth-order valence-electron chi connectivity index (χ4n) is 1.85. The van der Waals surface area contributed by atoms with Crippen molar-refractivity contribution in [3.63, 3.8) is 0 Å². The predicted molar refractivity (Wildman–Crippen MR) is 79.8 cm³/mol. The molecule has 0 fully saturated rings. The van der Waals surface area contributed by atoms with E-state index in [2.05, 4.69) is 5.32 Å². The molecule has 1 heterocycles. The Labute approximate surface area is 125 Å². The third-order valence-electron chi connectivity index (χ3n) is 2.94. The number of aromatic hydroxyl groups is 1. The Balaban J connectivity index is 2.07. The second-order valence-corrected chi connectivity index (χ2v) is 5.93. The molecule has 0 bridgehead atoms. The number of aryl methyl sites for hydroxylation is 1. The summed E-state index contributed by atoms with van der Waals surface area (Å²) in [7, 11) is 0. The molecule has 0 radical (unpaired) electrons. The number of hydrogen-bond donors (Lipinski definition) is 3. The van der Waals surface area contributed by atoms with E-state index in [0.29, 0.717) is 4.88 Å². The van der Waals surface area contributed by atoms with E-state index in [0.717, 1.165) is 10.4 Å². The van der Waals surface area contributed by atoms with Crippen LogP contribution in [0.3, 0.4) is 0 Å². The average Bonchev–Trinajstić information content (AvgIpc) is 2.87. The first-order valence-electron chi connectivity index (χ1n) is 6.33. The first-order valence-corrected chi connectivity index (χ1v) is 7.15. The standard InChI is InChI=1S/C15H15NO4S/c1-9-2-7-13(21-9)14(18)16-12(15(19)20)8-10-3-5-11(17)6-4-10/h2-7,12,17H,8H2,1H3,(H,16,18)(H,19,20). The molecule has 110 valence electrons. The highest BCUT2D eigenvalue weighted by Gasteiger charge is 2.21. The van der Waals surface area contributed by atoms with Crippen molar-refractivity contribution in [2.45, 2.75) is 19.4 Å². The van der Waals surface area contributed by atoms with Crippen molar-refractivity contribution in [3.05, 3.63) is 51.7 Å². The van der Waals surface area contributed by atoms with Crippen molar-refractivity contribution in [3.8, 4) is 5.75 Å². The van der Waals surface area contributed by atoms with E-state index in [1.54, 1.807) is 18.2 Å². The molecule has 3 N–H and O–H groups in total. The second-order valence-electron chi connectivity index (χ2n) is 4.65. The number of amides is 1. The molecule has 0 aliphatic rings. The maximum absolute atomic E-state index is 12.0. The lowest BCUT2D eigenvalue weighted by atomic mass is 10.1. The Morgan fingerprint density at radius 3 is 2.38 bits per heavy atom. The SMILES string of the molecule is Cc1ccc(C(=O)NC(Cc2ccc(O)cc2)C(=O)O)s1. The van der Waals surface area contributed by atoms with Crippen molar-refractivity contribution in [2.75, 3.05) is 0 Å². The van der Waals surface area contributed by atoms with E-state index >= 15 is 0 Å². The minimum Gasteiger partial charge on any atom is -0.508 e. The Morgan fingerprint density at radius 1 is 1.19 bits per heavy atom. The molecule has 0 saturated carbocycles. The van der Waals surface area contributed by atoms with Crippen LogP contribution in [0.5, 0.6) is 5.75 Å². The molecule has 5 nitrogen and oxygen atoms in total. The Kier molecular flexibility index (Phi) is 4.59. The summed E-state index contributed by atoms with van der Waals surface area (Å²) in [6, 6.07) is 8.71. The normalized spacial score (nSPS) is 11.9. The van der Waals surface area contributed by atoms with E-state index < -0.39 is 12.0 Å². The van der Waals surface area contributed by atoms with Crippen molar-refractivity contribution in [2.24, 2.45) is 0 Å². The molecule has 2 aromatic rings. The summed E-state index contributed by atoms with van der Waals surface area (Å²) in [5.41, 5.74) is 0.725. The number of rotatable bonds is 5. The van der Waals surface area contributed by atoms with Crippen molar-refractivity contribution < 1.29 is 19.8 Å². The van der Waals surface area contributed by atoms with Crippen LogP contribution in [0.25, 0.3) is 0 Å². The molecule has 1 aromatic heterocycles. The van der Waals surface area contributed by atoms with Gasteiger partial charge in [0.2, 0.25) is 0 Å². The number of carboxylic acids is 1. The Bertz CT molecular complexity index is 648. The molecule has 0 aliphatic heterocycles. The number of phenolic OH excluding ortho intramolecular Hbond substituents is 1. The maximum atomic E-state index is 12.0. The molecule has 1 atom stereocenters. The number of benzene rings is 1. The van der Waals surface area contributed by atoms with E-state index in [-0.39, 0.29) is 18.1 Å². The van der Waals surface area contributed by atoms with Gasteiger partial charge in [-0.25, -0.2) is 4.79 Å². The van der Waals surface area contributed by atoms with Gasteiger partial charge in [-0.05, 0) is 36.8 Å². The van der Waals surface area contributed by atoms with Crippen LogP contribution >= 0.6 is 11.3 Å². The van der Waals surface area contributed by atoms with Gasteiger partial charge >= 0.3 is 5.97 Å². The van der Waals surface area contributed by atoms with Gasteiger partial charge in [0, 0.05) is 11.3 Å². The van der Waals surface area contributed by atoms with Crippen molar-refractivity contribution in [1.29, 1.82) is 0 Å². The van der Waals surface area contributed by atoms with Gasteiger partial charge in [-0.1, -0.05) is 12.1 Å². The zero-order chi connectivity index (χ0) is 15.4. The zero-order valence-electron chi connectivity index (χ0n) is 11.4. The number of hydrogen-bond acceptors (Lipinski definition) is 4. The highest BCUT2D eigenvalue weighted by Crippen LogP contribution is 2.16. The van der Waals surface area contributed by atoms with E-state index in [9.17, 15) is 19.8 Å². The lowest BCUT2D eigenvalue weighted by molar-refractivity contribution is -0.139. The van der Waals surface area contributed by atoms with Crippen LogP contribution in [-0.2, 0) is 11.2 Å². The van der Waals surface area contributed by atoms with Gasteiger partial charge in [0.05, 0.1) is 4.88 Å². The van der Waals surface area contributed by atoms with Crippen LogP contribution in [0, 0.1) is 6.92 Å². The first-order chi connectivity index (χ1) is 9.95. The van der Waals surface area contributed by atoms with Crippen LogP contribution in [0.2, 0.25) is 0 Å². The van der Waals surface area contributed by atoms with Crippen LogP contribution in [0.1, 0.15) is 20.1 Å². The quantitative estimate of drug-likeness (QED) is 0.790. The molecule has 1 aromatic carbocycles. The topological polar surface area (TPSA) is 86.6 Å². The third kappa shape index (κ3) is 4.06. The summed E-state index contributed by atoms with van der Waals surface area (Å²) >= 11 is 1.32. The minimum absolute atomic E-state index is 0.115. The van der Waals surface area contributed by atoms with Crippen LogP contribution < -0.4 is 5.32 Å². The van der Waals surface area contributed by atoms with Crippen molar-refractivity contribution in [1.82, 2.24) is 5.32 Å². The molecule has 6 heteroatoms. The second kappa shape index (κ2) is 6.41. The highest BCUT2D eigenvalue weighted by molar-refractivity contribution is 7.13.